The molecule has 19 heavy (non-hydrogen) atoms. The molecule has 1 aromatic heterocycles. The SMILES string of the molecule is C=C(c1c[nH]c2c1CCC=C2)N1CC(=C2CNC2)C1. The van der Waals surface area contributed by atoms with Crippen LogP contribution in [0.25, 0.3) is 11.8 Å². The molecular weight excluding hydrogens is 234 g/mol. The topological polar surface area (TPSA) is 31.1 Å². The van der Waals surface area contributed by atoms with E-state index in [1.165, 1.54) is 22.5 Å². The Labute approximate surface area is 113 Å². The van der Waals surface area contributed by atoms with Crippen molar-refractivity contribution >= 4 is 11.8 Å². The Morgan fingerprint density at radius 2 is 2.05 bits per heavy atom. The first kappa shape index (κ1) is 11.1. The van der Waals surface area contributed by atoms with Crippen molar-refractivity contribution in [3.63, 3.8) is 0 Å². The number of fused-ring (bicyclic) bond motifs is 1. The summed E-state index contributed by atoms with van der Waals surface area (Å²) in [5, 5.41) is 3.31. The van der Waals surface area contributed by atoms with Crippen LogP contribution in [0.1, 0.15) is 23.2 Å². The highest BCUT2D eigenvalue weighted by Gasteiger charge is 2.28. The Morgan fingerprint density at radius 1 is 1.21 bits per heavy atom. The van der Waals surface area contributed by atoms with Gasteiger partial charge in [0.1, 0.15) is 0 Å². The second-order valence-electron chi connectivity index (χ2n) is 5.65. The van der Waals surface area contributed by atoms with Gasteiger partial charge in [0.15, 0.2) is 0 Å². The quantitative estimate of drug-likeness (QED) is 0.791. The maximum Gasteiger partial charge on any atom is 0.0416 e. The van der Waals surface area contributed by atoms with E-state index >= 15 is 0 Å². The second kappa shape index (κ2) is 4.14. The molecule has 3 aliphatic rings. The summed E-state index contributed by atoms with van der Waals surface area (Å²) in [6, 6.07) is 0. The lowest BCUT2D eigenvalue weighted by atomic mass is 9.93. The summed E-state index contributed by atoms with van der Waals surface area (Å²) in [5.74, 6) is 0. The summed E-state index contributed by atoms with van der Waals surface area (Å²) < 4.78 is 0. The van der Waals surface area contributed by atoms with Crippen LogP contribution in [0, 0.1) is 0 Å². The van der Waals surface area contributed by atoms with Crippen molar-refractivity contribution in [2.24, 2.45) is 0 Å². The highest BCUT2D eigenvalue weighted by molar-refractivity contribution is 5.71. The van der Waals surface area contributed by atoms with Gasteiger partial charge < -0.3 is 15.2 Å². The highest BCUT2D eigenvalue weighted by Crippen LogP contribution is 2.33. The largest absolute Gasteiger partial charge is 0.363 e. The van der Waals surface area contributed by atoms with Gasteiger partial charge in [0.2, 0.25) is 0 Å². The van der Waals surface area contributed by atoms with Gasteiger partial charge >= 0.3 is 0 Å². The molecule has 3 nitrogen and oxygen atoms in total. The molecule has 0 aromatic carbocycles. The third kappa shape index (κ3) is 1.69. The number of likely N-dealkylation sites (tertiary alicyclic amines) is 1. The minimum absolute atomic E-state index is 1.08. The van der Waals surface area contributed by atoms with Crippen LogP contribution in [0.15, 0.2) is 30.0 Å². The molecule has 98 valence electrons. The standard InChI is InChI=1S/C16H19N3/c1-11(19-9-13(10-19)12-6-17-7-12)15-8-18-16-5-3-2-4-14(15)16/h3,5,8,17-18H,1-2,4,6-7,9-10H2. The molecule has 1 aliphatic carbocycles. The molecule has 2 saturated heterocycles. The van der Waals surface area contributed by atoms with Crippen LogP contribution in [0.4, 0.5) is 0 Å². The summed E-state index contributed by atoms with van der Waals surface area (Å²) in [5.41, 5.74) is 8.44. The molecule has 3 heteroatoms. The Morgan fingerprint density at radius 3 is 2.79 bits per heavy atom. The maximum absolute atomic E-state index is 4.31. The van der Waals surface area contributed by atoms with E-state index < -0.39 is 0 Å². The van der Waals surface area contributed by atoms with Gasteiger partial charge in [-0.1, -0.05) is 12.7 Å². The maximum atomic E-state index is 4.31. The molecule has 0 unspecified atom stereocenters. The number of aromatic nitrogens is 1. The third-order valence-electron chi connectivity index (χ3n) is 4.50. The predicted octanol–water partition coefficient (Wildman–Crippen LogP) is 2.16. The van der Waals surface area contributed by atoms with Crippen LogP contribution in [-0.4, -0.2) is 36.1 Å². The number of H-pyrrole nitrogens is 1. The molecule has 0 spiro atoms. The third-order valence-corrected chi connectivity index (χ3v) is 4.50. The van der Waals surface area contributed by atoms with Gasteiger partial charge in [-0.25, -0.2) is 0 Å². The van der Waals surface area contributed by atoms with Gasteiger partial charge in [0.25, 0.3) is 0 Å². The number of rotatable bonds is 2. The summed E-state index contributed by atoms with van der Waals surface area (Å²) in [6.07, 6.45) is 8.83. The van der Waals surface area contributed by atoms with Crippen molar-refractivity contribution in [2.45, 2.75) is 12.8 Å². The van der Waals surface area contributed by atoms with Crippen LogP contribution < -0.4 is 5.32 Å². The molecule has 0 saturated carbocycles. The number of hydrogen-bond donors (Lipinski definition) is 2. The van der Waals surface area contributed by atoms with E-state index in [2.05, 4.69) is 40.1 Å². The minimum Gasteiger partial charge on any atom is -0.363 e. The van der Waals surface area contributed by atoms with Crippen molar-refractivity contribution < 1.29 is 0 Å². The number of nitrogens with one attached hydrogen (secondary N) is 2. The molecule has 1 aromatic rings. The minimum atomic E-state index is 1.08. The Balaban J connectivity index is 1.53. The molecule has 4 rings (SSSR count). The van der Waals surface area contributed by atoms with Crippen LogP contribution >= 0.6 is 0 Å². The predicted molar refractivity (Wildman–Crippen MR) is 78.7 cm³/mol. The zero-order valence-corrected chi connectivity index (χ0v) is 11.1. The highest BCUT2D eigenvalue weighted by atomic mass is 15.2. The Kier molecular flexibility index (Phi) is 2.42. The van der Waals surface area contributed by atoms with Crippen molar-refractivity contribution in [3.05, 3.63) is 46.8 Å². The summed E-state index contributed by atoms with van der Waals surface area (Å²) in [4.78, 5) is 5.76. The van der Waals surface area contributed by atoms with Gasteiger partial charge in [0, 0.05) is 49.3 Å². The normalized spacial score (nSPS) is 20.9. The zero-order chi connectivity index (χ0) is 12.8. The van der Waals surface area contributed by atoms with Crippen LogP contribution in [-0.2, 0) is 6.42 Å². The van der Waals surface area contributed by atoms with E-state index in [0.29, 0.717) is 0 Å². The first-order chi connectivity index (χ1) is 9.33. The first-order valence-electron chi connectivity index (χ1n) is 7.04. The smallest absolute Gasteiger partial charge is 0.0416 e. The van der Waals surface area contributed by atoms with E-state index in [1.807, 2.05) is 0 Å². The fourth-order valence-corrected chi connectivity index (χ4v) is 3.07. The summed E-state index contributed by atoms with van der Waals surface area (Å²) in [6.45, 7) is 8.65. The number of allylic oxidation sites excluding steroid dienone is 1. The van der Waals surface area contributed by atoms with Gasteiger partial charge in [0.05, 0.1) is 0 Å². The van der Waals surface area contributed by atoms with Gasteiger partial charge in [-0.05, 0) is 35.6 Å². The van der Waals surface area contributed by atoms with Crippen molar-refractivity contribution in [1.29, 1.82) is 0 Å². The van der Waals surface area contributed by atoms with E-state index in [-0.39, 0.29) is 0 Å². The molecule has 2 aliphatic heterocycles. The van der Waals surface area contributed by atoms with E-state index in [9.17, 15) is 0 Å². The molecule has 0 bridgehead atoms. The molecule has 3 heterocycles. The van der Waals surface area contributed by atoms with Crippen LogP contribution in [0.5, 0.6) is 0 Å². The second-order valence-corrected chi connectivity index (χ2v) is 5.65. The average Bonchev–Trinajstić information content (AvgIpc) is 2.73. The van der Waals surface area contributed by atoms with Gasteiger partial charge in [-0.3, -0.25) is 0 Å². The molecule has 0 radical (unpaired) electrons. The fourth-order valence-electron chi connectivity index (χ4n) is 3.07. The molecule has 2 N–H and O–H groups in total. The first-order valence-corrected chi connectivity index (χ1v) is 7.04. The van der Waals surface area contributed by atoms with Crippen LogP contribution in [0.3, 0.4) is 0 Å². The van der Waals surface area contributed by atoms with Crippen LogP contribution in [0.2, 0.25) is 0 Å². The number of hydrogen-bond acceptors (Lipinski definition) is 2. The Hall–Kier alpha value is -1.74. The van der Waals surface area contributed by atoms with Gasteiger partial charge in [-0.2, -0.15) is 0 Å². The Bertz CT molecular complexity index is 590. The molecule has 0 atom stereocenters. The zero-order valence-electron chi connectivity index (χ0n) is 11.1. The lowest BCUT2D eigenvalue weighted by Gasteiger charge is -2.41. The monoisotopic (exact) mass is 253 g/mol. The van der Waals surface area contributed by atoms with Gasteiger partial charge in [-0.15, -0.1) is 0 Å². The fraction of sp³-hybridized carbons (Fsp3) is 0.375. The lowest BCUT2D eigenvalue weighted by Crippen LogP contribution is -2.45. The van der Waals surface area contributed by atoms with Crippen molar-refractivity contribution in [3.8, 4) is 0 Å². The van der Waals surface area contributed by atoms with Crippen molar-refractivity contribution in [1.82, 2.24) is 15.2 Å². The number of aromatic amines is 1. The molecule has 2 fully saturated rings. The van der Waals surface area contributed by atoms with E-state index in [0.717, 1.165) is 39.0 Å². The molecular formula is C16H19N3. The van der Waals surface area contributed by atoms with E-state index in [1.54, 1.807) is 11.1 Å². The van der Waals surface area contributed by atoms with E-state index in [4.69, 9.17) is 0 Å². The summed E-state index contributed by atoms with van der Waals surface area (Å²) >= 11 is 0. The van der Waals surface area contributed by atoms with Crippen molar-refractivity contribution in [2.75, 3.05) is 26.2 Å². The average molecular weight is 253 g/mol. The lowest BCUT2D eigenvalue weighted by molar-refractivity contribution is 0.362. The molecule has 0 amide bonds. The number of nitrogens with zero attached hydrogens (tertiary/aromatic N) is 1. The summed E-state index contributed by atoms with van der Waals surface area (Å²) in [7, 11) is 0.